The molecule has 2 aliphatic heterocycles. The second-order valence-electron chi connectivity index (χ2n) is 3.46. The van der Waals surface area contributed by atoms with Gasteiger partial charge in [0.25, 0.3) is 0 Å². The normalized spacial score (nSPS) is 40.8. The third-order valence-electron chi connectivity index (χ3n) is 2.77. The lowest BCUT2D eigenvalue weighted by Crippen LogP contribution is -2.50. The van der Waals surface area contributed by atoms with Crippen molar-refractivity contribution in [2.45, 2.75) is 25.3 Å². The Bertz CT molecular complexity index is 87.8. The van der Waals surface area contributed by atoms with Crippen molar-refractivity contribution in [3.8, 4) is 0 Å². The van der Waals surface area contributed by atoms with Crippen molar-refractivity contribution in [3.63, 3.8) is 0 Å². The van der Waals surface area contributed by atoms with E-state index in [1.54, 1.807) is 0 Å². The van der Waals surface area contributed by atoms with E-state index in [1.165, 1.54) is 38.9 Å². The van der Waals surface area contributed by atoms with E-state index in [2.05, 4.69) is 10.6 Å². The maximum atomic E-state index is 3.58. The van der Waals surface area contributed by atoms with Crippen LogP contribution in [0.1, 0.15) is 19.3 Å². The lowest BCUT2D eigenvalue weighted by atomic mass is 9.86. The maximum Gasteiger partial charge on any atom is 0.0119 e. The number of piperidine rings is 2. The summed E-state index contributed by atoms with van der Waals surface area (Å²) in [6.07, 6.45) is 4.15. The largest absolute Gasteiger partial charge is 0.316 e. The van der Waals surface area contributed by atoms with Gasteiger partial charge in [0, 0.05) is 6.04 Å². The van der Waals surface area contributed by atoms with Gasteiger partial charge in [-0.3, -0.25) is 0 Å². The Labute approximate surface area is 62.4 Å². The molecule has 0 unspecified atom stereocenters. The highest BCUT2D eigenvalue weighted by molar-refractivity contribution is 4.86. The molecular weight excluding hydrogens is 124 g/mol. The van der Waals surface area contributed by atoms with Crippen LogP contribution >= 0.6 is 0 Å². The lowest BCUT2D eigenvalue weighted by molar-refractivity contribution is 0.226. The van der Waals surface area contributed by atoms with Crippen LogP contribution in [0.3, 0.4) is 0 Å². The minimum absolute atomic E-state index is 0.843. The van der Waals surface area contributed by atoms with Crippen LogP contribution in [-0.2, 0) is 0 Å². The van der Waals surface area contributed by atoms with Crippen molar-refractivity contribution in [1.82, 2.24) is 10.6 Å². The van der Waals surface area contributed by atoms with E-state index >= 15 is 0 Å². The Kier molecular flexibility index (Phi) is 1.91. The second-order valence-corrected chi connectivity index (χ2v) is 3.46. The summed E-state index contributed by atoms with van der Waals surface area (Å²) in [5.41, 5.74) is 0. The molecule has 0 aromatic carbocycles. The van der Waals surface area contributed by atoms with Gasteiger partial charge >= 0.3 is 0 Å². The molecule has 0 saturated carbocycles. The standard InChI is InChI=1S/C8H16N2/c1-2-7-6-9-5-3-8(7)10-4-1/h7-10H,1-6H2/t7-,8+/m0/s1. The molecule has 2 heteroatoms. The van der Waals surface area contributed by atoms with Gasteiger partial charge in [-0.1, -0.05) is 0 Å². The van der Waals surface area contributed by atoms with E-state index in [-0.39, 0.29) is 0 Å². The summed E-state index contributed by atoms with van der Waals surface area (Å²) in [6, 6.07) is 0.843. The predicted octanol–water partition coefficient (Wildman–Crippen LogP) is 0.348. The molecular formula is C8H16N2. The van der Waals surface area contributed by atoms with Crippen LogP contribution in [0.5, 0.6) is 0 Å². The van der Waals surface area contributed by atoms with Crippen LogP contribution in [0.2, 0.25) is 0 Å². The third kappa shape index (κ3) is 1.18. The molecule has 0 spiro atoms. The van der Waals surface area contributed by atoms with E-state index in [9.17, 15) is 0 Å². The van der Waals surface area contributed by atoms with Crippen molar-refractivity contribution in [2.24, 2.45) is 5.92 Å². The van der Waals surface area contributed by atoms with Gasteiger partial charge in [-0.15, -0.1) is 0 Å². The van der Waals surface area contributed by atoms with Gasteiger partial charge in [-0.2, -0.15) is 0 Å². The van der Waals surface area contributed by atoms with Gasteiger partial charge in [-0.05, 0) is 44.8 Å². The molecule has 0 radical (unpaired) electrons. The van der Waals surface area contributed by atoms with Crippen molar-refractivity contribution in [2.75, 3.05) is 19.6 Å². The molecule has 2 atom stereocenters. The molecule has 2 rings (SSSR count). The maximum absolute atomic E-state index is 3.58. The number of hydrogen-bond acceptors (Lipinski definition) is 2. The van der Waals surface area contributed by atoms with E-state index < -0.39 is 0 Å². The van der Waals surface area contributed by atoms with Crippen LogP contribution in [0.25, 0.3) is 0 Å². The summed E-state index contributed by atoms with van der Waals surface area (Å²) < 4.78 is 0. The first-order valence-electron chi connectivity index (χ1n) is 4.41. The van der Waals surface area contributed by atoms with Crippen LogP contribution in [0, 0.1) is 5.92 Å². The minimum Gasteiger partial charge on any atom is -0.316 e. The van der Waals surface area contributed by atoms with E-state index in [4.69, 9.17) is 0 Å². The molecule has 0 amide bonds. The van der Waals surface area contributed by atoms with Gasteiger partial charge in [0.15, 0.2) is 0 Å². The van der Waals surface area contributed by atoms with Gasteiger partial charge in [0.05, 0.1) is 0 Å². The molecule has 2 saturated heterocycles. The first kappa shape index (κ1) is 6.62. The Morgan fingerprint density at radius 2 is 2.10 bits per heavy atom. The molecule has 0 bridgehead atoms. The van der Waals surface area contributed by atoms with Crippen molar-refractivity contribution >= 4 is 0 Å². The second kappa shape index (κ2) is 2.89. The van der Waals surface area contributed by atoms with Gasteiger partial charge in [0.1, 0.15) is 0 Å². The van der Waals surface area contributed by atoms with E-state index in [0.717, 1.165) is 12.0 Å². The smallest absolute Gasteiger partial charge is 0.0119 e. The predicted molar refractivity (Wildman–Crippen MR) is 42.0 cm³/mol. The van der Waals surface area contributed by atoms with Crippen LogP contribution < -0.4 is 10.6 Å². The topological polar surface area (TPSA) is 24.1 Å². The molecule has 2 aliphatic rings. The molecule has 2 nitrogen and oxygen atoms in total. The van der Waals surface area contributed by atoms with Crippen LogP contribution in [0.4, 0.5) is 0 Å². The Balaban J connectivity index is 1.93. The third-order valence-corrected chi connectivity index (χ3v) is 2.77. The summed E-state index contributed by atoms with van der Waals surface area (Å²) >= 11 is 0. The molecule has 58 valence electrons. The first-order chi connectivity index (χ1) is 4.97. The van der Waals surface area contributed by atoms with E-state index in [1.807, 2.05) is 0 Å². The quantitative estimate of drug-likeness (QED) is 0.507. The fraction of sp³-hybridized carbons (Fsp3) is 1.00. The molecule has 10 heavy (non-hydrogen) atoms. The molecule has 2 N–H and O–H groups in total. The summed E-state index contributed by atoms with van der Waals surface area (Å²) in [4.78, 5) is 0. The summed E-state index contributed by atoms with van der Waals surface area (Å²) in [5, 5.41) is 7.02. The number of nitrogens with one attached hydrogen (secondary N) is 2. The van der Waals surface area contributed by atoms with Crippen LogP contribution in [0.15, 0.2) is 0 Å². The molecule has 0 aliphatic carbocycles. The molecule has 2 heterocycles. The van der Waals surface area contributed by atoms with Crippen molar-refractivity contribution < 1.29 is 0 Å². The zero-order valence-electron chi connectivity index (χ0n) is 6.40. The SMILES string of the molecule is C1CN[C@@H]2CCNC[C@@H]2C1. The molecule has 0 aromatic heterocycles. The number of hydrogen-bond donors (Lipinski definition) is 2. The van der Waals surface area contributed by atoms with Crippen molar-refractivity contribution in [1.29, 1.82) is 0 Å². The Morgan fingerprint density at radius 1 is 1.10 bits per heavy atom. The fourth-order valence-corrected chi connectivity index (χ4v) is 2.15. The number of fused-ring (bicyclic) bond motifs is 1. The highest BCUT2D eigenvalue weighted by Crippen LogP contribution is 2.20. The zero-order valence-corrected chi connectivity index (χ0v) is 6.40. The van der Waals surface area contributed by atoms with Crippen molar-refractivity contribution in [3.05, 3.63) is 0 Å². The summed E-state index contributed by atoms with van der Waals surface area (Å²) in [6.45, 7) is 3.72. The van der Waals surface area contributed by atoms with Crippen LogP contribution in [-0.4, -0.2) is 25.7 Å². The van der Waals surface area contributed by atoms with E-state index in [0.29, 0.717) is 0 Å². The lowest BCUT2D eigenvalue weighted by Gasteiger charge is -2.36. The summed E-state index contributed by atoms with van der Waals surface area (Å²) in [7, 11) is 0. The number of rotatable bonds is 0. The monoisotopic (exact) mass is 140 g/mol. The Hall–Kier alpha value is -0.0800. The van der Waals surface area contributed by atoms with Gasteiger partial charge in [-0.25, -0.2) is 0 Å². The average Bonchev–Trinajstić information content (AvgIpc) is 2.05. The van der Waals surface area contributed by atoms with Gasteiger partial charge in [0.2, 0.25) is 0 Å². The average molecular weight is 140 g/mol. The highest BCUT2D eigenvalue weighted by Gasteiger charge is 2.26. The minimum atomic E-state index is 0.843. The summed E-state index contributed by atoms with van der Waals surface area (Å²) in [5.74, 6) is 0.933. The van der Waals surface area contributed by atoms with Gasteiger partial charge < -0.3 is 10.6 Å². The Morgan fingerprint density at radius 3 is 3.00 bits per heavy atom. The molecule has 0 aromatic rings. The molecule has 2 fully saturated rings. The first-order valence-corrected chi connectivity index (χ1v) is 4.41. The highest BCUT2D eigenvalue weighted by atomic mass is 15.0. The zero-order chi connectivity index (χ0) is 6.81. The fourth-order valence-electron chi connectivity index (χ4n) is 2.15.